The summed E-state index contributed by atoms with van der Waals surface area (Å²) in [7, 11) is 1.65. The summed E-state index contributed by atoms with van der Waals surface area (Å²) in [5, 5.41) is 0. The minimum atomic E-state index is -4.28. The van der Waals surface area contributed by atoms with Crippen LogP contribution in [0.1, 0.15) is 181 Å². The highest BCUT2D eigenvalue weighted by molar-refractivity contribution is 7.47. The molecule has 0 aromatic carbocycles. The van der Waals surface area contributed by atoms with Crippen LogP contribution in [0.5, 0.6) is 0 Å². The van der Waals surface area contributed by atoms with Gasteiger partial charge >= 0.3 is 13.8 Å². The van der Waals surface area contributed by atoms with Crippen LogP contribution < -0.4 is 0 Å². The maximum absolute atomic E-state index is 12.7. The highest BCUT2D eigenvalue weighted by Gasteiger charge is 2.26. The van der Waals surface area contributed by atoms with Crippen molar-refractivity contribution in [2.24, 2.45) is 0 Å². The number of rotatable bonds is 43. The van der Waals surface area contributed by atoms with Crippen molar-refractivity contribution in [3.63, 3.8) is 0 Å². The number of carbonyl (C=O) groups is 1. The van der Waals surface area contributed by atoms with E-state index in [9.17, 15) is 14.3 Å². The zero-order chi connectivity index (χ0) is 43.4. The molecule has 0 aliphatic rings. The molecule has 2 unspecified atom stereocenters. The second-order valence-electron chi connectivity index (χ2n) is 16.8. The maximum Gasteiger partial charge on any atom is 0.472 e. The zero-order valence-corrected chi connectivity index (χ0v) is 39.6. The van der Waals surface area contributed by atoms with Crippen LogP contribution in [-0.2, 0) is 27.9 Å². The van der Waals surface area contributed by atoms with Crippen LogP contribution in [0.25, 0.3) is 0 Å². The lowest BCUT2D eigenvalue weighted by Gasteiger charge is -2.24. The Morgan fingerprint density at radius 3 is 1.49 bits per heavy atom. The second kappa shape index (κ2) is 42.6. The van der Waals surface area contributed by atoms with Crippen LogP contribution >= 0.6 is 7.82 Å². The number of nitrogens with zero attached hydrogens (tertiary/aromatic N) is 1. The van der Waals surface area contributed by atoms with Crippen LogP contribution in [0.15, 0.2) is 72.9 Å². The standard InChI is InChI=1S/C50H90NO7P/c1-6-8-10-12-14-16-18-20-22-23-24-25-26-27-28-29-30-31-33-35-37-39-41-43-50(52)58-49(48-57-59(53,54)56-46-44-51(3,4)5)47-55-45-42-40-38-36-34-32-21-19-17-15-13-11-9-7-2/h8,10,14,16-17,19-20,22,24-25,27-28,49H,6-7,9,11-13,15,18,21,23,26,29-48H2,1-5H3/p+1/b10-8-,16-14-,19-17-,22-20-,25-24-,28-27-. The number of hydrogen-bond acceptors (Lipinski definition) is 6. The van der Waals surface area contributed by atoms with E-state index in [0.29, 0.717) is 24.1 Å². The summed E-state index contributed by atoms with van der Waals surface area (Å²) in [4.78, 5) is 22.9. The summed E-state index contributed by atoms with van der Waals surface area (Å²) in [6, 6.07) is 0. The van der Waals surface area contributed by atoms with Gasteiger partial charge in [-0.1, -0.05) is 164 Å². The maximum atomic E-state index is 12.7. The highest BCUT2D eigenvalue weighted by atomic mass is 31.2. The molecule has 342 valence electrons. The number of carbonyl (C=O) groups excluding carboxylic acids is 1. The molecule has 0 radical (unpaired) electrons. The van der Waals surface area contributed by atoms with Crippen molar-refractivity contribution in [3.05, 3.63) is 72.9 Å². The van der Waals surface area contributed by atoms with Crippen molar-refractivity contribution in [2.75, 3.05) is 54.1 Å². The van der Waals surface area contributed by atoms with Gasteiger partial charge in [-0.05, 0) is 83.5 Å². The molecule has 0 aliphatic carbocycles. The number of ether oxygens (including phenoxy) is 2. The Bertz CT molecular complexity index is 1170. The third-order valence-electron chi connectivity index (χ3n) is 9.75. The second-order valence-corrected chi connectivity index (χ2v) is 18.2. The topological polar surface area (TPSA) is 91.3 Å². The first-order valence-electron chi connectivity index (χ1n) is 23.7. The quantitative estimate of drug-likeness (QED) is 0.0215. The number of unbranched alkanes of at least 4 members (excludes halogenated alkanes) is 17. The van der Waals surface area contributed by atoms with Crippen LogP contribution in [0.4, 0.5) is 0 Å². The van der Waals surface area contributed by atoms with Crippen LogP contribution in [-0.4, -0.2) is 75.6 Å². The molecule has 0 amide bonds. The van der Waals surface area contributed by atoms with E-state index in [0.717, 1.165) is 70.6 Å². The number of likely N-dealkylation sites (N-methyl/N-ethyl adjacent to an activating group) is 1. The van der Waals surface area contributed by atoms with Gasteiger partial charge in [-0.2, -0.15) is 0 Å². The highest BCUT2D eigenvalue weighted by Crippen LogP contribution is 2.43. The van der Waals surface area contributed by atoms with Gasteiger partial charge in [0, 0.05) is 13.0 Å². The number of esters is 1. The molecule has 0 heterocycles. The molecule has 0 saturated carbocycles. The number of phosphoric acid groups is 1. The normalized spacial score (nSPS) is 14.3. The largest absolute Gasteiger partial charge is 0.472 e. The van der Waals surface area contributed by atoms with Gasteiger partial charge in [-0.15, -0.1) is 0 Å². The van der Waals surface area contributed by atoms with Crippen LogP contribution in [0.3, 0.4) is 0 Å². The fourth-order valence-corrected chi connectivity index (χ4v) is 6.84. The van der Waals surface area contributed by atoms with Crippen molar-refractivity contribution >= 4 is 13.8 Å². The Hall–Kier alpha value is -2.06. The van der Waals surface area contributed by atoms with Crippen molar-refractivity contribution in [1.29, 1.82) is 0 Å². The zero-order valence-electron chi connectivity index (χ0n) is 38.7. The third-order valence-corrected chi connectivity index (χ3v) is 10.7. The summed E-state index contributed by atoms with van der Waals surface area (Å²) in [6.07, 6.45) is 55.1. The molecule has 0 rings (SSSR count). The Balaban J connectivity index is 4.22. The van der Waals surface area contributed by atoms with E-state index in [-0.39, 0.29) is 25.8 Å². The summed E-state index contributed by atoms with van der Waals surface area (Å²) in [5.74, 6) is -0.329. The number of hydrogen-bond donors (Lipinski definition) is 1. The molecule has 8 nitrogen and oxygen atoms in total. The van der Waals surface area contributed by atoms with E-state index >= 15 is 0 Å². The lowest BCUT2D eigenvalue weighted by molar-refractivity contribution is -0.870. The van der Waals surface area contributed by atoms with E-state index in [2.05, 4.69) is 86.8 Å². The molecule has 2 atom stereocenters. The van der Waals surface area contributed by atoms with Gasteiger partial charge < -0.3 is 18.9 Å². The van der Waals surface area contributed by atoms with Crippen LogP contribution in [0.2, 0.25) is 0 Å². The van der Waals surface area contributed by atoms with E-state index in [1.807, 2.05) is 21.1 Å². The molecule has 0 fully saturated rings. The van der Waals surface area contributed by atoms with E-state index < -0.39 is 13.9 Å². The molecule has 0 aromatic rings. The van der Waals surface area contributed by atoms with Gasteiger partial charge in [-0.3, -0.25) is 13.8 Å². The molecule has 0 saturated heterocycles. The molecule has 9 heteroatoms. The fourth-order valence-electron chi connectivity index (χ4n) is 6.10. The van der Waals surface area contributed by atoms with Crippen molar-refractivity contribution in [1.82, 2.24) is 0 Å². The molecule has 1 N–H and O–H groups in total. The number of phosphoric ester groups is 1. The lowest BCUT2D eigenvalue weighted by Crippen LogP contribution is -2.37. The van der Waals surface area contributed by atoms with Gasteiger partial charge in [0.25, 0.3) is 0 Å². The van der Waals surface area contributed by atoms with Gasteiger partial charge in [0.2, 0.25) is 0 Å². The van der Waals surface area contributed by atoms with Crippen molar-refractivity contribution < 1.29 is 37.3 Å². The predicted molar refractivity (Wildman–Crippen MR) is 252 cm³/mol. The Kier molecular flexibility index (Phi) is 41.1. The molecule has 0 bridgehead atoms. The predicted octanol–water partition coefficient (Wildman–Crippen LogP) is 14.3. The minimum absolute atomic E-state index is 0.0817. The van der Waals surface area contributed by atoms with Crippen molar-refractivity contribution in [2.45, 2.75) is 187 Å². The Morgan fingerprint density at radius 2 is 0.983 bits per heavy atom. The first-order chi connectivity index (χ1) is 28.6. The SMILES string of the molecule is CC/C=C\C/C=C\C/C=C\C/C=C\C/C=C\CCCCCCCCCC(=O)OC(COCCCCCCCC/C=C\CCCCCC)COP(=O)(O)OCC[N+](C)(C)C. The van der Waals surface area contributed by atoms with E-state index in [4.69, 9.17) is 18.5 Å². The average molecular weight is 849 g/mol. The smallest absolute Gasteiger partial charge is 0.457 e. The summed E-state index contributed by atoms with van der Waals surface area (Å²) >= 11 is 0. The van der Waals surface area contributed by atoms with Gasteiger partial charge in [-0.25, -0.2) is 4.57 Å². The number of allylic oxidation sites excluding steroid dienone is 12. The van der Waals surface area contributed by atoms with Crippen LogP contribution in [0, 0.1) is 0 Å². The van der Waals surface area contributed by atoms with Crippen molar-refractivity contribution in [3.8, 4) is 0 Å². The van der Waals surface area contributed by atoms with E-state index in [1.165, 1.54) is 89.9 Å². The first kappa shape index (κ1) is 56.9. The average Bonchev–Trinajstić information content (AvgIpc) is 3.19. The summed E-state index contributed by atoms with van der Waals surface area (Å²) in [5.41, 5.74) is 0. The summed E-state index contributed by atoms with van der Waals surface area (Å²) in [6.45, 7) is 5.46. The van der Waals surface area contributed by atoms with Gasteiger partial charge in [0.1, 0.15) is 19.3 Å². The number of quaternary nitrogens is 1. The molecular weight excluding hydrogens is 758 g/mol. The minimum Gasteiger partial charge on any atom is -0.457 e. The lowest BCUT2D eigenvalue weighted by atomic mass is 10.1. The molecule has 0 aromatic heterocycles. The molecule has 0 spiro atoms. The van der Waals surface area contributed by atoms with Gasteiger partial charge in [0.05, 0.1) is 34.4 Å². The first-order valence-corrected chi connectivity index (χ1v) is 25.2. The molecule has 0 aliphatic heterocycles. The molecular formula is C50H91NO7P+. The third kappa shape index (κ3) is 46.9. The molecule has 59 heavy (non-hydrogen) atoms. The fraction of sp³-hybridized carbons (Fsp3) is 0.740. The van der Waals surface area contributed by atoms with E-state index in [1.54, 1.807) is 0 Å². The Morgan fingerprint density at radius 1 is 0.542 bits per heavy atom. The van der Waals surface area contributed by atoms with Gasteiger partial charge in [0.15, 0.2) is 0 Å². The summed E-state index contributed by atoms with van der Waals surface area (Å²) < 4.78 is 35.0. The Labute approximate surface area is 363 Å². The monoisotopic (exact) mass is 849 g/mol.